The zero-order valence-electron chi connectivity index (χ0n) is 11.9. The Morgan fingerprint density at radius 3 is 2.61 bits per heavy atom. The summed E-state index contributed by atoms with van der Waals surface area (Å²) in [6.45, 7) is 7.06. The molecule has 1 saturated heterocycles. The second-order valence-corrected chi connectivity index (χ2v) is 6.17. The maximum absolute atomic E-state index is 12.6. The lowest BCUT2D eigenvalue weighted by Crippen LogP contribution is -2.55. The standard InChI is InChI=1S/C14H27N3O/c1-10-9-17(8-7-16(10)3)14(18)12-5-4-6-13(15)11(12)2/h10-13H,4-9,15H2,1-3H3. The lowest BCUT2D eigenvalue weighted by atomic mass is 9.76. The molecule has 0 aromatic rings. The molecule has 2 rings (SSSR count). The number of nitrogens with zero attached hydrogens (tertiary/aromatic N) is 2. The molecule has 1 heterocycles. The minimum atomic E-state index is 0.157. The molecule has 0 bridgehead atoms. The minimum Gasteiger partial charge on any atom is -0.340 e. The van der Waals surface area contributed by atoms with Gasteiger partial charge in [-0.25, -0.2) is 0 Å². The molecule has 0 aromatic carbocycles. The fourth-order valence-corrected chi connectivity index (χ4v) is 3.23. The van der Waals surface area contributed by atoms with E-state index < -0.39 is 0 Å². The number of nitrogens with two attached hydrogens (primary N) is 1. The van der Waals surface area contributed by atoms with E-state index in [0.29, 0.717) is 17.9 Å². The molecule has 4 unspecified atom stereocenters. The molecule has 1 aliphatic heterocycles. The van der Waals surface area contributed by atoms with Gasteiger partial charge in [0.25, 0.3) is 0 Å². The first-order chi connectivity index (χ1) is 8.50. The fraction of sp³-hybridized carbons (Fsp3) is 0.929. The lowest BCUT2D eigenvalue weighted by Gasteiger charge is -2.41. The Morgan fingerprint density at radius 1 is 1.22 bits per heavy atom. The molecule has 2 aliphatic rings. The van der Waals surface area contributed by atoms with Crippen molar-refractivity contribution < 1.29 is 4.79 Å². The number of amides is 1. The van der Waals surface area contributed by atoms with Crippen LogP contribution in [0.5, 0.6) is 0 Å². The Bertz CT molecular complexity index is 307. The lowest BCUT2D eigenvalue weighted by molar-refractivity contribution is -0.141. The summed E-state index contributed by atoms with van der Waals surface area (Å²) < 4.78 is 0. The molecule has 1 aliphatic carbocycles. The second-order valence-electron chi connectivity index (χ2n) is 6.17. The number of hydrogen-bond donors (Lipinski definition) is 1. The summed E-state index contributed by atoms with van der Waals surface area (Å²) in [5, 5.41) is 0. The SMILES string of the molecule is CC1C(N)CCCC1C(=O)N1CCN(C)C(C)C1. The van der Waals surface area contributed by atoms with Gasteiger partial charge in [0.1, 0.15) is 0 Å². The predicted octanol–water partition coefficient (Wildman–Crippen LogP) is 0.912. The topological polar surface area (TPSA) is 49.6 Å². The maximum Gasteiger partial charge on any atom is 0.226 e. The van der Waals surface area contributed by atoms with E-state index in [2.05, 4.69) is 30.7 Å². The number of rotatable bonds is 1. The molecule has 4 nitrogen and oxygen atoms in total. The molecule has 1 saturated carbocycles. The molecule has 0 radical (unpaired) electrons. The zero-order valence-corrected chi connectivity index (χ0v) is 11.9. The van der Waals surface area contributed by atoms with Crippen LogP contribution in [0.25, 0.3) is 0 Å². The molecule has 2 fully saturated rings. The van der Waals surface area contributed by atoms with Gasteiger partial charge < -0.3 is 15.5 Å². The van der Waals surface area contributed by atoms with E-state index in [1.54, 1.807) is 0 Å². The summed E-state index contributed by atoms with van der Waals surface area (Å²) in [7, 11) is 2.13. The first-order valence-electron chi connectivity index (χ1n) is 7.25. The van der Waals surface area contributed by atoms with E-state index >= 15 is 0 Å². The van der Waals surface area contributed by atoms with Crippen LogP contribution in [0.4, 0.5) is 0 Å². The van der Waals surface area contributed by atoms with Gasteiger partial charge in [-0.3, -0.25) is 4.79 Å². The fourth-order valence-electron chi connectivity index (χ4n) is 3.23. The second kappa shape index (κ2) is 5.57. The van der Waals surface area contributed by atoms with Crippen molar-refractivity contribution in [3.63, 3.8) is 0 Å². The summed E-state index contributed by atoms with van der Waals surface area (Å²) in [6.07, 6.45) is 3.20. The molecule has 2 N–H and O–H groups in total. The molecule has 4 atom stereocenters. The highest BCUT2D eigenvalue weighted by atomic mass is 16.2. The highest BCUT2D eigenvalue weighted by Crippen LogP contribution is 2.30. The van der Waals surface area contributed by atoms with Gasteiger partial charge in [-0.05, 0) is 32.7 Å². The van der Waals surface area contributed by atoms with Gasteiger partial charge in [-0.1, -0.05) is 13.3 Å². The third kappa shape index (κ3) is 2.69. The summed E-state index contributed by atoms with van der Waals surface area (Å²) >= 11 is 0. The van der Waals surface area contributed by atoms with Crippen molar-refractivity contribution in [2.75, 3.05) is 26.7 Å². The first-order valence-corrected chi connectivity index (χ1v) is 7.25. The summed E-state index contributed by atoms with van der Waals surface area (Å²) in [4.78, 5) is 17.0. The Kier molecular flexibility index (Phi) is 4.28. The van der Waals surface area contributed by atoms with E-state index in [0.717, 1.165) is 38.9 Å². The Hall–Kier alpha value is -0.610. The van der Waals surface area contributed by atoms with Crippen molar-refractivity contribution in [3.05, 3.63) is 0 Å². The third-order valence-corrected chi connectivity index (χ3v) is 4.95. The minimum absolute atomic E-state index is 0.157. The van der Waals surface area contributed by atoms with Crippen molar-refractivity contribution in [1.29, 1.82) is 0 Å². The summed E-state index contributed by atoms with van der Waals surface area (Å²) in [5.41, 5.74) is 6.11. The molecule has 18 heavy (non-hydrogen) atoms. The molecule has 4 heteroatoms. The number of hydrogen-bond acceptors (Lipinski definition) is 3. The van der Waals surface area contributed by atoms with E-state index in [-0.39, 0.29) is 12.0 Å². The van der Waals surface area contributed by atoms with Crippen molar-refractivity contribution in [3.8, 4) is 0 Å². The van der Waals surface area contributed by atoms with Crippen molar-refractivity contribution >= 4 is 5.91 Å². The molecular formula is C14H27N3O. The van der Waals surface area contributed by atoms with Gasteiger partial charge in [0.2, 0.25) is 5.91 Å². The van der Waals surface area contributed by atoms with Crippen LogP contribution < -0.4 is 5.73 Å². The van der Waals surface area contributed by atoms with Crippen molar-refractivity contribution in [2.24, 2.45) is 17.6 Å². The van der Waals surface area contributed by atoms with Crippen LogP contribution in [0.15, 0.2) is 0 Å². The number of carbonyl (C=O) groups excluding carboxylic acids is 1. The summed E-state index contributed by atoms with van der Waals surface area (Å²) in [6, 6.07) is 0.674. The van der Waals surface area contributed by atoms with Crippen LogP contribution in [-0.2, 0) is 4.79 Å². The van der Waals surface area contributed by atoms with E-state index in [4.69, 9.17) is 5.73 Å². The molecule has 104 valence electrons. The van der Waals surface area contributed by atoms with Gasteiger partial charge in [0, 0.05) is 37.6 Å². The normalized spacial score (nSPS) is 38.8. The van der Waals surface area contributed by atoms with Gasteiger partial charge in [-0.2, -0.15) is 0 Å². The van der Waals surface area contributed by atoms with Crippen LogP contribution in [-0.4, -0.2) is 54.5 Å². The first kappa shape index (κ1) is 13.8. The van der Waals surface area contributed by atoms with Crippen molar-refractivity contribution in [1.82, 2.24) is 9.80 Å². The van der Waals surface area contributed by atoms with Gasteiger partial charge in [0.05, 0.1) is 0 Å². The number of likely N-dealkylation sites (N-methyl/N-ethyl adjacent to an activating group) is 1. The summed E-state index contributed by atoms with van der Waals surface area (Å²) in [5.74, 6) is 0.836. The Morgan fingerprint density at radius 2 is 1.94 bits per heavy atom. The maximum atomic E-state index is 12.6. The highest BCUT2D eigenvalue weighted by molar-refractivity contribution is 5.79. The van der Waals surface area contributed by atoms with Crippen LogP contribution in [0.1, 0.15) is 33.1 Å². The van der Waals surface area contributed by atoms with Crippen LogP contribution >= 0.6 is 0 Å². The van der Waals surface area contributed by atoms with Gasteiger partial charge in [-0.15, -0.1) is 0 Å². The van der Waals surface area contributed by atoms with Crippen LogP contribution in [0.2, 0.25) is 0 Å². The molecule has 1 amide bonds. The van der Waals surface area contributed by atoms with E-state index in [1.807, 2.05) is 0 Å². The highest BCUT2D eigenvalue weighted by Gasteiger charge is 2.36. The molecule has 0 aromatic heterocycles. The van der Waals surface area contributed by atoms with Crippen molar-refractivity contribution in [2.45, 2.75) is 45.2 Å². The van der Waals surface area contributed by atoms with Crippen LogP contribution in [0.3, 0.4) is 0 Å². The zero-order chi connectivity index (χ0) is 13.3. The largest absolute Gasteiger partial charge is 0.340 e. The smallest absolute Gasteiger partial charge is 0.226 e. The number of piperazine rings is 1. The third-order valence-electron chi connectivity index (χ3n) is 4.95. The average molecular weight is 253 g/mol. The van der Waals surface area contributed by atoms with E-state index in [9.17, 15) is 4.79 Å². The number of carbonyl (C=O) groups is 1. The van der Waals surface area contributed by atoms with E-state index in [1.165, 1.54) is 0 Å². The molecule has 0 spiro atoms. The van der Waals surface area contributed by atoms with Gasteiger partial charge >= 0.3 is 0 Å². The quantitative estimate of drug-likeness (QED) is 0.756. The average Bonchev–Trinajstić information content (AvgIpc) is 2.35. The van der Waals surface area contributed by atoms with Gasteiger partial charge in [0.15, 0.2) is 0 Å². The monoisotopic (exact) mass is 253 g/mol. The Balaban J connectivity index is 1.98. The van der Waals surface area contributed by atoms with Crippen LogP contribution in [0, 0.1) is 11.8 Å². The Labute approximate surface area is 110 Å². The molecular weight excluding hydrogens is 226 g/mol. The predicted molar refractivity (Wildman–Crippen MR) is 73.2 cm³/mol.